The molecule has 0 bridgehead atoms. The molecule has 0 saturated carbocycles. The Morgan fingerprint density at radius 2 is 1.85 bits per heavy atom. The Morgan fingerprint density at radius 1 is 1.07 bits per heavy atom. The number of anilines is 2. The van der Waals surface area contributed by atoms with Crippen LogP contribution in [-0.4, -0.2) is 32.6 Å². The average Bonchev–Trinajstić information content (AvgIpc) is 3.06. The lowest BCUT2D eigenvalue weighted by Gasteiger charge is -2.20. The summed E-state index contributed by atoms with van der Waals surface area (Å²) in [6, 6.07) is 11.1. The van der Waals surface area contributed by atoms with Gasteiger partial charge in [-0.05, 0) is 49.2 Å². The molecule has 1 aliphatic rings. The minimum absolute atomic E-state index is 0.109. The number of ether oxygens (including phenoxy) is 2. The van der Waals surface area contributed by atoms with Gasteiger partial charge in [0.2, 0.25) is 11.8 Å². The smallest absolute Gasteiger partial charge is 0.229 e. The van der Waals surface area contributed by atoms with Gasteiger partial charge in [-0.1, -0.05) is 6.07 Å². The number of aryl methyl sites for hydroxylation is 2. The van der Waals surface area contributed by atoms with Crippen molar-refractivity contribution in [3.63, 3.8) is 0 Å². The Hall–Kier alpha value is -3.02. The summed E-state index contributed by atoms with van der Waals surface area (Å²) in [5, 5.41) is 2.92. The molecule has 142 valence electrons. The third-order valence-corrected chi connectivity index (χ3v) is 4.95. The summed E-state index contributed by atoms with van der Waals surface area (Å²) in [5.74, 6) is 0.508. The molecule has 27 heavy (non-hydrogen) atoms. The Balaban J connectivity index is 1.77. The number of hydrogen-bond donors (Lipinski definition) is 1. The van der Waals surface area contributed by atoms with E-state index in [-0.39, 0.29) is 18.2 Å². The predicted octanol–water partition coefficient (Wildman–Crippen LogP) is 3.31. The Morgan fingerprint density at radius 3 is 2.52 bits per heavy atom. The van der Waals surface area contributed by atoms with E-state index in [2.05, 4.69) is 5.32 Å². The van der Waals surface area contributed by atoms with Gasteiger partial charge in [-0.25, -0.2) is 0 Å². The van der Waals surface area contributed by atoms with Crippen molar-refractivity contribution in [2.24, 2.45) is 5.92 Å². The normalized spacial score (nSPS) is 16.4. The molecule has 1 N–H and O–H groups in total. The van der Waals surface area contributed by atoms with E-state index in [1.807, 2.05) is 32.0 Å². The molecule has 2 amide bonds. The van der Waals surface area contributed by atoms with Gasteiger partial charge in [-0.2, -0.15) is 0 Å². The average molecular weight is 368 g/mol. The number of nitrogens with one attached hydrogen (secondary N) is 1. The second-order valence-electron chi connectivity index (χ2n) is 6.73. The van der Waals surface area contributed by atoms with E-state index in [9.17, 15) is 9.59 Å². The fourth-order valence-corrected chi connectivity index (χ4v) is 3.19. The van der Waals surface area contributed by atoms with Crippen molar-refractivity contribution in [3.8, 4) is 11.5 Å². The number of methoxy groups -OCH3 is 2. The topological polar surface area (TPSA) is 67.9 Å². The van der Waals surface area contributed by atoms with Crippen LogP contribution in [0, 0.1) is 19.8 Å². The molecule has 2 aromatic rings. The van der Waals surface area contributed by atoms with Gasteiger partial charge in [-0.3, -0.25) is 9.59 Å². The first-order valence-corrected chi connectivity index (χ1v) is 8.83. The predicted molar refractivity (Wildman–Crippen MR) is 105 cm³/mol. The molecule has 0 radical (unpaired) electrons. The molecule has 1 atom stereocenters. The number of hydrogen-bond acceptors (Lipinski definition) is 4. The van der Waals surface area contributed by atoms with Gasteiger partial charge in [0.25, 0.3) is 0 Å². The standard InChI is InChI=1S/C21H24N2O4/c1-13-5-6-16(9-14(13)2)22-21(25)15-10-20(24)23(12-15)18-11-17(26-3)7-8-19(18)27-4/h5-9,11,15H,10,12H2,1-4H3,(H,22,25)/t15-/m1/s1. The zero-order valence-corrected chi connectivity index (χ0v) is 16.0. The summed E-state index contributed by atoms with van der Waals surface area (Å²) in [4.78, 5) is 26.8. The molecule has 0 aliphatic carbocycles. The van der Waals surface area contributed by atoms with E-state index < -0.39 is 5.92 Å². The number of carbonyl (C=O) groups excluding carboxylic acids is 2. The highest BCUT2D eigenvalue weighted by Crippen LogP contribution is 2.36. The maximum atomic E-state index is 12.7. The molecule has 1 saturated heterocycles. The fourth-order valence-electron chi connectivity index (χ4n) is 3.19. The van der Waals surface area contributed by atoms with Crippen LogP contribution in [0.2, 0.25) is 0 Å². The lowest BCUT2D eigenvalue weighted by atomic mass is 10.1. The van der Waals surface area contributed by atoms with Crippen molar-refractivity contribution in [1.29, 1.82) is 0 Å². The van der Waals surface area contributed by atoms with Crippen LogP contribution in [0.15, 0.2) is 36.4 Å². The van der Waals surface area contributed by atoms with Gasteiger partial charge < -0.3 is 19.7 Å². The van der Waals surface area contributed by atoms with E-state index in [0.717, 1.165) is 11.3 Å². The summed E-state index contributed by atoms with van der Waals surface area (Å²) in [6.07, 6.45) is 0.164. The van der Waals surface area contributed by atoms with Crippen LogP contribution in [0.5, 0.6) is 11.5 Å². The zero-order chi connectivity index (χ0) is 19.6. The van der Waals surface area contributed by atoms with E-state index in [4.69, 9.17) is 9.47 Å². The van der Waals surface area contributed by atoms with Gasteiger partial charge in [0, 0.05) is 24.7 Å². The molecule has 1 fully saturated rings. The highest BCUT2D eigenvalue weighted by atomic mass is 16.5. The number of benzene rings is 2. The SMILES string of the molecule is COc1ccc(OC)c(N2C[C@H](C(=O)Nc3ccc(C)c(C)c3)CC2=O)c1. The number of amides is 2. The van der Waals surface area contributed by atoms with Crippen molar-refractivity contribution >= 4 is 23.2 Å². The fraction of sp³-hybridized carbons (Fsp3) is 0.333. The summed E-state index contributed by atoms with van der Waals surface area (Å²) in [5.41, 5.74) is 3.63. The summed E-state index contributed by atoms with van der Waals surface area (Å²) in [6.45, 7) is 4.33. The lowest BCUT2D eigenvalue weighted by Crippen LogP contribution is -2.28. The highest BCUT2D eigenvalue weighted by Gasteiger charge is 2.36. The summed E-state index contributed by atoms with van der Waals surface area (Å²) < 4.78 is 10.6. The molecule has 0 aromatic heterocycles. The largest absolute Gasteiger partial charge is 0.497 e. The van der Waals surface area contributed by atoms with Crippen molar-refractivity contribution in [3.05, 3.63) is 47.5 Å². The van der Waals surface area contributed by atoms with Crippen molar-refractivity contribution in [2.75, 3.05) is 31.0 Å². The van der Waals surface area contributed by atoms with E-state index >= 15 is 0 Å². The third-order valence-electron chi connectivity index (χ3n) is 4.95. The number of carbonyl (C=O) groups is 2. The summed E-state index contributed by atoms with van der Waals surface area (Å²) in [7, 11) is 3.12. The number of nitrogens with zero attached hydrogens (tertiary/aromatic N) is 1. The first kappa shape index (κ1) is 18.8. The molecule has 2 aromatic carbocycles. The molecule has 6 nitrogen and oxygen atoms in total. The first-order chi connectivity index (χ1) is 12.9. The maximum Gasteiger partial charge on any atom is 0.229 e. The highest BCUT2D eigenvalue weighted by molar-refractivity contribution is 6.04. The van der Waals surface area contributed by atoms with E-state index in [1.54, 1.807) is 37.3 Å². The van der Waals surface area contributed by atoms with Gasteiger partial charge in [0.05, 0.1) is 25.8 Å². The van der Waals surface area contributed by atoms with Crippen LogP contribution in [0.25, 0.3) is 0 Å². The molecule has 1 aliphatic heterocycles. The quantitative estimate of drug-likeness (QED) is 0.879. The van der Waals surface area contributed by atoms with Gasteiger partial charge >= 0.3 is 0 Å². The minimum atomic E-state index is -0.421. The summed E-state index contributed by atoms with van der Waals surface area (Å²) >= 11 is 0. The Kier molecular flexibility index (Phi) is 5.35. The van der Waals surface area contributed by atoms with Crippen LogP contribution < -0.4 is 19.7 Å². The van der Waals surface area contributed by atoms with Gasteiger partial charge in [-0.15, -0.1) is 0 Å². The van der Waals surface area contributed by atoms with Crippen molar-refractivity contribution < 1.29 is 19.1 Å². The van der Waals surface area contributed by atoms with Gasteiger partial charge in [0.15, 0.2) is 0 Å². The second-order valence-corrected chi connectivity index (χ2v) is 6.73. The molecule has 0 spiro atoms. The Labute approximate surface area is 159 Å². The van der Waals surface area contributed by atoms with Gasteiger partial charge in [0.1, 0.15) is 11.5 Å². The minimum Gasteiger partial charge on any atom is -0.497 e. The molecule has 6 heteroatoms. The van der Waals surface area contributed by atoms with Crippen LogP contribution in [0.3, 0.4) is 0 Å². The monoisotopic (exact) mass is 368 g/mol. The van der Waals surface area contributed by atoms with E-state index in [0.29, 0.717) is 23.7 Å². The second kappa shape index (κ2) is 7.70. The van der Waals surface area contributed by atoms with Crippen LogP contribution >= 0.6 is 0 Å². The lowest BCUT2D eigenvalue weighted by molar-refractivity contribution is -0.122. The molecular formula is C21H24N2O4. The van der Waals surface area contributed by atoms with Crippen molar-refractivity contribution in [1.82, 2.24) is 0 Å². The van der Waals surface area contributed by atoms with Crippen LogP contribution in [0.4, 0.5) is 11.4 Å². The third kappa shape index (κ3) is 3.89. The number of rotatable bonds is 5. The molecule has 1 heterocycles. The maximum absolute atomic E-state index is 12.7. The first-order valence-electron chi connectivity index (χ1n) is 8.83. The van der Waals surface area contributed by atoms with Crippen LogP contribution in [-0.2, 0) is 9.59 Å². The van der Waals surface area contributed by atoms with E-state index in [1.165, 1.54) is 5.56 Å². The molecular weight excluding hydrogens is 344 g/mol. The zero-order valence-electron chi connectivity index (χ0n) is 16.0. The molecule has 0 unspecified atom stereocenters. The van der Waals surface area contributed by atoms with Crippen molar-refractivity contribution in [2.45, 2.75) is 20.3 Å². The Bertz CT molecular complexity index is 878. The van der Waals surface area contributed by atoms with Crippen LogP contribution in [0.1, 0.15) is 17.5 Å². The molecule has 3 rings (SSSR count).